The molecule has 0 aliphatic carbocycles. The van der Waals surface area contributed by atoms with Gasteiger partial charge in [0.1, 0.15) is 17.5 Å². The van der Waals surface area contributed by atoms with Crippen LogP contribution in [0.2, 0.25) is 0 Å². The number of anilines is 4. The molecule has 154 valence electrons. The van der Waals surface area contributed by atoms with E-state index in [1.807, 2.05) is 6.92 Å². The Balaban J connectivity index is 1.31. The second kappa shape index (κ2) is 8.34. The zero-order valence-electron chi connectivity index (χ0n) is 17.6. The molecule has 2 aliphatic rings. The molecule has 0 atom stereocenters. The first kappa shape index (κ1) is 18.9. The van der Waals surface area contributed by atoms with Crippen LogP contribution in [0.4, 0.5) is 23.0 Å². The summed E-state index contributed by atoms with van der Waals surface area (Å²) in [6.07, 6.45) is 5.00. The van der Waals surface area contributed by atoms with Gasteiger partial charge < -0.3 is 15.1 Å². The molecule has 1 saturated heterocycles. The summed E-state index contributed by atoms with van der Waals surface area (Å²) < 4.78 is 0. The van der Waals surface area contributed by atoms with Gasteiger partial charge in [-0.25, -0.2) is 9.97 Å². The average molecular weight is 400 g/mol. The standard InChI is InChI=1S/C25H29N5/c1-19-26-24(28-22-9-11-23(12-10-22)29-14-5-2-6-15-29)17-25(27-19)30-16-13-20-7-3-4-8-21(20)18-30/h3-4,7-12,17H,2,5-6,13-16,18H2,1H3,(H,26,27,28). The molecular weight excluding hydrogens is 370 g/mol. The second-order valence-electron chi connectivity index (χ2n) is 8.32. The van der Waals surface area contributed by atoms with E-state index in [0.717, 1.165) is 42.7 Å². The van der Waals surface area contributed by atoms with Crippen molar-refractivity contribution in [2.24, 2.45) is 0 Å². The van der Waals surface area contributed by atoms with E-state index >= 15 is 0 Å². The maximum atomic E-state index is 4.72. The molecular formula is C25H29N5. The van der Waals surface area contributed by atoms with Crippen LogP contribution in [0.25, 0.3) is 0 Å². The first-order valence-corrected chi connectivity index (χ1v) is 11.0. The van der Waals surface area contributed by atoms with Gasteiger partial charge in [-0.15, -0.1) is 0 Å². The van der Waals surface area contributed by atoms with Crippen LogP contribution in [0.5, 0.6) is 0 Å². The van der Waals surface area contributed by atoms with Crippen LogP contribution in [0.1, 0.15) is 36.2 Å². The molecule has 0 radical (unpaired) electrons. The Kier molecular flexibility index (Phi) is 5.26. The fourth-order valence-corrected chi connectivity index (χ4v) is 4.52. The first-order valence-electron chi connectivity index (χ1n) is 11.0. The summed E-state index contributed by atoms with van der Waals surface area (Å²) in [7, 11) is 0. The molecule has 30 heavy (non-hydrogen) atoms. The van der Waals surface area contributed by atoms with Gasteiger partial charge >= 0.3 is 0 Å². The molecule has 5 nitrogen and oxygen atoms in total. The van der Waals surface area contributed by atoms with E-state index in [9.17, 15) is 0 Å². The number of benzene rings is 2. The minimum Gasteiger partial charge on any atom is -0.372 e. The van der Waals surface area contributed by atoms with Crippen molar-refractivity contribution in [1.82, 2.24) is 9.97 Å². The lowest BCUT2D eigenvalue weighted by Gasteiger charge is -2.30. The van der Waals surface area contributed by atoms with Crippen molar-refractivity contribution in [3.05, 3.63) is 71.5 Å². The van der Waals surface area contributed by atoms with Crippen molar-refractivity contribution >= 4 is 23.0 Å². The summed E-state index contributed by atoms with van der Waals surface area (Å²) in [5.41, 5.74) is 5.21. The number of fused-ring (bicyclic) bond motifs is 1. The van der Waals surface area contributed by atoms with Crippen molar-refractivity contribution in [3.63, 3.8) is 0 Å². The molecule has 1 fully saturated rings. The summed E-state index contributed by atoms with van der Waals surface area (Å²) in [5.74, 6) is 2.63. The van der Waals surface area contributed by atoms with Gasteiger partial charge in [0.15, 0.2) is 0 Å². The van der Waals surface area contributed by atoms with E-state index in [1.165, 1.54) is 49.2 Å². The van der Waals surface area contributed by atoms with Gasteiger partial charge in [-0.05, 0) is 68.0 Å². The van der Waals surface area contributed by atoms with E-state index in [2.05, 4.69) is 74.7 Å². The van der Waals surface area contributed by atoms with Gasteiger partial charge in [-0.3, -0.25) is 0 Å². The van der Waals surface area contributed by atoms with Crippen LogP contribution in [0, 0.1) is 6.92 Å². The lowest BCUT2D eigenvalue weighted by molar-refractivity contribution is 0.578. The lowest BCUT2D eigenvalue weighted by Crippen LogP contribution is -2.31. The number of nitrogens with one attached hydrogen (secondary N) is 1. The van der Waals surface area contributed by atoms with Crippen molar-refractivity contribution in [2.75, 3.05) is 34.8 Å². The highest BCUT2D eigenvalue weighted by Gasteiger charge is 2.18. The second-order valence-corrected chi connectivity index (χ2v) is 8.32. The van der Waals surface area contributed by atoms with Crippen molar-refractivity contribution in [3.8, 4) is 0 Å². The molecule has 1 aromatic heterocycles. The molecule has 2 aliphatic heterocycles. The fourth-order valence-electron chi connectivity index (χ4n) is 4.52. The third kappa shape index (κ3) is 4.11. The molecule has 3 aromatic rings. The Morgan fingerprint density at radius 3 is 2.37 bits per heavy atom. The van der Waals surface area contributed by atoms with Crippen molar-refractivity contribution in [2.45, 2.75) is 39.2 Å². The molecule has 0 bridgehead atoms. The minimum atomic E-state index is 0.791. The number of aryl methyl sites for hydroxylation is 1. The largest absolute Gasteiger partial charge is 0.372 e. The van der Waals surface area contributed by atoms with Crippen LogP contribution in [0.15, 0.2) is 54.6 Å². The van der Waals surface area contributed by atoms with Gasteiger partial charge in [0, 0.05) is 43.6 Å². The van der Waals surface area contributed by atoms with Crippen LogP contribution in [0.3, 0.4) is 0 Å². The molecule has 0 amide bonds. The average Bonchev–Trinajstić information content (AvgIpc) is 2.79. The Morgan fingerprint density at radius 1 is 0.800 bits per heavy atom. The molecule has 0 saturated carbocycles. The molecule has 5 heteroatoms. The maximum Gasteiger partial charge on any atom is 0.136 e. The Hall–Kier alpha value is -3.08. The van der Waals surface area contributed by atoms with Crippen LogP contribution in [-0.2, 0) is 13.0 Å². The SMILES string of the molecule is Cc1nc(Nc2ccc(N3CCCCC3)cc2)cc(N2CCc3ccccc3C2)n1. The van der Waals surface area contributed by atoms with Gasteiger partial charge in [0.25, 0.3) is 0 Å². The fraction of sp³-hybridized carbons (Fsp3) is 0.360. The summed E-state index contributed by atoms with van der Waals surface area (Å²) in [4.78, 5) is 14.2. The normalized spacial score (nSPS) is 16.3. The molecule has 0 spiro atoms. The topological polar surface area (TPSA) is 44.3 Å². The van der Waals surface area contributed by atoms with Crippen LogP contribution in [-0.4, -0.2) is 29.6 Å². The van der Waals surface area contributed by atoms with E-state index in [-0.39, 0.29) is 0 Å². The Labute approximate surface area is 178 Å². The minimum absolute atomic E-state index is 0.791. The maximum absolute atomic E-state index is 4.72. The Morgan fingerprint density at radius 2 is 1.57 bits per heavy atom. The number of nitrogens with zero attached hydrogens (tertiary/aromatic N) is 4. The van der Waals surface area contributed by atoms with Gasteiger partial charge in [0.2, 0.25) is 0 Å². The van der Waals surface area contributed by atoms with Gasteiger partial charge in [0.05, 0.1) is 0 Å². The Bertz CT molecular complexity index is 1010. The summed E-state index contributed by atoms with van der Waals surface area (Å²) in [6.45, 7) is 6.18. The predicted molar refractivity (Wildman–Crippen MR) is 124 cm³/mol. The van der Waals surface area contributed by atoms with Crippen molar-refractivity contribution in [1.29, 1.82) is 0 Å². The number of hydrogen-bond donors (Lipinski definition) is 1. The highest BCUT2D eigenvalue weighted by molar-refractivity contribution is 5.63. The molecule has 3 heterocycles. The zero-order valence-corrected chi connectivity index (χ0v) is 17.6. The van der Waals surface area contributed by atoms with Crippen molar-refractivity contribution < 1.29 is 0 Å². The predicted octanol–water partition coefficient (Wildman–Crippen LogP) is 5.08. The first-order chi connectivity index (χ1) is 14.7. The molecule has 2 aromatic carbocycles. The molecule has 1 N–H and O–H groups in total. The van der Waals surface area contributed by atoms with E-state index in [0.29, 0.717) is 0 Å². The molecule has 0 unspecified atom stereocenters. The summed E-state index contributed by atoms with van der Waals surface area (Å²) in [5, 5.41) is 3.48. The number of piperidine rings is 1. The number of hydrogen-bond acceptors (Lipinski definition) is 5. The number of rotatable bonds is 4. The smallest absolute Gasteiger partial charge is 0.136 e. The quantitative estimate of drug-likeness (QED) is 0.663. The zero-order chi connectivity index (χ0) is 20.3. The summed E-state index contributed by atoms with van der Waals surface area (Å²) in [6, 6.07) is 19.5. The highest BCUT2D eigenvalue weighted by Crippen LogP contribution is 2.27. The molecule has 5 rings (SSSR count). The van der Waals surface area contributed by atoms with E-state index in [4.69, 9.17) is 4.98 Å². The van der Waals surface area contributed by atoms with Gasteiger partial charge in [-0.1, -0.05) is 24.3 Å². The van der Waals surface area contributed by atoms with Gasteiger partial charge in [-0.2, -0.15) is 0 Å². The highest BCUT2D eigenvalue weighted by atomic mass is 15.2. The lowest BCUT2D eigenvalue weighted by atomic mass is 10.00. The monoisotopic (exact) mass is 399 g/mol. The van der Waals surface area contributed by atoms with Crippen LogP contribution < -0.4 is 15.1 Å². The third-order valence-electron chi connectivity index (χ3n) is 6.14. The third-order valence-corrected chi connectivity index (χ3v) is 6.14. The van der Waals surface area contributed by atoms with Crippen LogP contribution >= 0.6 is 0 Å². The van der Waals surface area contributed by atoms with E-state index < -0.39 is 0 Å². The summed E-state index contributed by atoms with van der Waals surface area (Å²) >= 11 is 0. The van der Waals surface area contributed by atoms with E-state index in [1.54, 1.807) is 0 Å². The number of aromatic nitrogens is 2.